The SMILES string of the molecule is O=C(CCNC(=O)c1ccc(F)cc1F)NC(c1ccccc1)c1ccncc1. The van der Waals surface area contributed by atoms with Crippen molar-refractivity contribution in [2.24, 2.45) is 0 Å². The summed E-state index contributed by atoms with van der Waals surface area (Å²) in [6.45, 7) is 0.0132. The summed E-state index contributed by atoms with van der Waals surface area (Å²) >= 11 is 0. The van der Waals surface area contributed by atoms with Gasteiger partial charge in [-0.2, -0.15) is 0 Å². The third-order valence-electron chi connectivity index (χ3n) is 4.29. The van der Waals surface area contributed by atoms with E-state index in [-0.39, 0.29) is 30.5 Å². The Morgan fingerprint density at radius 3 is 2.31 bits per heavy atom. The van der Waals surface area contributed by atoms with E-state index in [0.29, 0.717) is 6.07 Å². The molecule has 2 aromatic carbocycles. The smallest absolute Gasteiger partial charge is 0.254 e. The molecule has 1 atom stereocenters. The second kappa shape index (κ2) is 9.54. The largest absolute Gasteiger partial charge is 0.351 e. The monoisotopic (exact) mass is 395 g/mol. The average molecular weight is 395 g/mol. The van der Waals surface area contributed by atoms with Gasteiger partial charge >= 0.3 is 0 Å². The van der Waals surface area contributed by atoms with Gasteiger partial charge in [-0.25, -0.2) is 8.78 Å². The zero-order chi connectivity index (χ0) is 20.6. The molecular formula is C22H19F2N3O2. The lowest BCUT2D eigenvalue weighted by Gasteiger charge is -2.20. The van der Waals surface area contributed by atoms with Gasteiger partial charge in [0, 0.05) is 31.4 Å². The summed E-state index contributed by atoms with van der Waals surface area (Å²) in [5.41, 5.74) is 1.51. The van der Waals surface area contributed by atoms with Gasteiger partial charge in [-0.3, -0.25) is 14.6 Å². The van der Waals surface area contributed by atoms with Crippen molar-refractivity contribution in [1.29, 1.82) is 0 Å². The van der Waals surface area contributed by atoms with Crippen LogP contribution in [0.15, 0.2) is 73.1 Å². The number of pyridine rings is 1. The molecule has 1 unspecified atom stereocenters. The first-order valence-electron chi connectivity index (χ1n) is 9.02. The first-order valence-corrected chi connectivity index (χ1v) is 9.02. The lowest BCUT2D eigenvalue weighted by atomic mass is 9.99. The maximum Gasteiger partial charge on any atom is 0.254 e. The van der Waals surface area contributed by atoms with Crippen molar-refractivity contribution in [3.05, 3.63) is 101 Å². The summed E-state index contributed by atoms with van der Waals surface area (Å²) in [4.78, 5) is 28.4. The van der Waals surface area contributed by atoms with Crippen LogP contribution >= 0.6 is 0 Å². The van der Waals surface area contributed by atoms with Crippen LogP contribution in [0.2, 0.25) is 0 Å². The van der Waals surface area contributed by atoms with Crippen molar-refractivity contribution in [1.82, 2.24) is 15.6 Å². The molecule has 2 amide bonds. The van der Waals surface area contributed by atoms with Crippen molar-refractivity contribution in [2.75, 3.05) is 6.54 Å². The number of halogens is 2. The third-order valence-corrected chi connectivity index (χ3v) is 4.29. The maximum absolute atomic E-state index is 13.6. The molecule has 29 heavy (non-hydrogen) atoms. The van der Waals surface area contributed by atoms with E-state index in [0.717, 1.165) is 23.3 Å². The minimum absolute atomic E-state index is 0.00295. The van der Waals surface area contributed by atoms with Gasteiger partial charge in [-0.15, -0.1) is 0 Å². The highest BCUT2D eigenvalue weighted by atomic mass is 19.1. The van der Waals surface area contributed by atoms with E-state index in [1.54, 1.807) is 12.4 Å². The van der Waals surface area contributed by atoms with Crippen molar-refractivity contribution in [3.8, 4) is 0 Å². The van der Waals surface area contributed by atoms with Crippen molar-refractivity contribution < 1.29 is 18.4 Å². The molecule has 148 valence electrons. The molecule has 0 spiro atoms. The third kappa shape index (κ3) is 5.44. The van der Waals surface area contributed by atoms with Gasteiger partial charge in [0.2, 0.25) is 5.91 Å². The second-order valence-corrected chi connectivity index (χ2v) is 6.32. The van der Waals surface area contributed by atoms with Crippen LogP contribution in [0.1, 0.15) is 33.9 Å². The first kappa shape index (κ1) is 20.1. The molecule has 3 aromatic rings. The molecule has 0 saturated carbocycles. The highest BCUT2D eigenvalue weighted by Crippen LogP contribution is 2.21. The van der Waals surface area contributed by atoms with Gasteiger partial charge in [0.25, 0.3) is 5.91 Å². The number of aromatic nitrogens is 1. The standard InChI is InChI=1S/C22H19F2N3O2/c23-17-6-7-18(19(24)14-17)22(29)26-13-10-20(28)27-21(15-4-2-1-3-5-15)16-8-11-25-12-9-16/h1-9,11-12,14,21H,10,13H2,(H,26,29)(H,27,28). The molecule has 0 fully saturated rings. The first-order chi connectivity index (χ1) is 14.0. The number of hydrogen-bond donors (Lipinski definition) is 2. The van der Waals surface area contributed by atoms with E-state index in [1.165, 1.54) is 0 Å². The summed E-state index contributed by atoms with van der Waals surface area (Å²) in [7, 11) is 0. The highest BCUT2D eigenvalue weighted by molar-refractivity contribution is 5.94. The van der Waals surface area contributed by atoms with Crippen LogP contribution < -0.4 is 10.6 Å². The molecule has 7 heteroatoms. The number of nitrogens with one attached hydrogen (secondary N) is 2. The highest BCUT2D eigenvalue weighted by Gasteiger charge is 2.17. The molecule has 0 aliphatic heterocycles. The van der Waals surface area contributed by atoms with E-state index in [9.17, 15) is 18.4 Å². The van der Waals surface area contributed by atoms with Crippen LogP contribution in [0, 0.1) is 11.6 Å². The van der Waals surface area contributed by atoms with E-state index in [4.69, 9.17) is 0 Å². The van der Waals surface area contributed by atoms with Crippen molar-refractivity contribution >= 4 is 11.8 Å². The molecule has 1 heterocycles. The quantitative estimate of drug-likeness (QED) is 0.644. The topological polar surface area (TPSA) is 71.1 Å². The van der Waals surface area contributed by atoms with E-state index in [2.05, 4.69) is 15.6 Å². The molecule has 0 radical (unpaired) electrons. The van der Waals surface area contributed by atoms with Crippen LogP contribution in [0.25, 0.3) is 0 Å². The van der Waals surface area contributed by atoms with Gasteiger partial charge in [-0.05, 0) is 35.4 Å². The molecular weight excluding hydrogens is 376 g/mol. The lowest BCUT2D eigenvalue weighted by molar-refractivity contribution is -0.121. The molecule has 0 saturated heterocycles. The fourth-order valence-corrected chi connectivity index (χ4v) is 2.85. The lowest BCUT2D eigenvalue weighted by Crippen LogP contribution is -2.33. The number of rotatable bonds is 7. The van der Waals surface area contributed by atoms with Crippen molar-refractivity contribution in [3.63, 3.8) is 0 Å². The fraction of sp³-hybridized carbons (Fsp3) is 0.136. The van der Waals surface area contributed by atoms with Crippen LogP contribution in [-0.2, 0) is 4.79 Å². The molecule has 0 aliphatic rings. The van der Waals surface area contributed by atoms with Gasteiger partial charge in [-0.1, -0.05) is 30.3 Å². The Kier molecular flexibility index (Phi) is 6.63. The minimum atomic E-state index is -0.950. The van der Waals surface area contributed by atoms with E-state index < -0.39 is 17.5 Å². The Balaban J connectivity index is 1.60. The molecule has 2 N–H and O–H groups in total. The average Bonchev–Trinajstić information content (AvgIpc) is 2.73. The number of benzene rings is 2. The second-order valence-electron chi connectivity index (χ2n) is 6.32. The minimum Gasteiger partial charge on any atom is -0.351 e. The molecule has 0 aliphatic carbocycles. The number of carbonyl (C=O) groups excluding carboxylic acids is 2. The number of amides is 2. The van der Waals surface area contributed by atoms with Gasteiger partial charge < -0.3 is 10.6 Å². The van der Waals surface area contributed by atoms with Crippen LogP contribution in [0.4, 0.5) is 8.78 Å². The van der Waals surface area contributed by atoms with Crippen LogP contribution in [-0.4, -0.2) is 23.3 Å². The summed E-state index contributed by atoms with van der Waals surface area (Å²) in [6, 6.07) is 15.4. The van der Waals surface area contributed by atoms with Crippen LogP contribution in [0.5, 0.6) is 0 Å². The van der Waals surface area contributed by atoms with Gasteiger partial charge in [0.15, 0.2) is 0 Å². The molecule has 1 aromatic heterocycles. The fourth-order valence-electron chi connectivity index (χ4n) is 2.85. The van der Waals surface area contributed by atoms with Gasteiger partial charge in [0.1, 0.15) is 11.6 Å². The Labute approximate surface area is 166 Å². The predicted octanol–water partition coefficient (Wildman–Crippen LogP) is 3.39. The Hall–Kier alpha value is -3.61. The van der Waals surface area contributed by atoms with Crippen molar-refractivity contribution in [2.45, 2.75) is 12.5 Å². The molecule has 0 bridgehead atoms. The van der Waals surface area contributed by atoms with Crippen LogP contribution in [0.3, 0.4) is 0 Å². The zero-order valence-corrected chi connectivity index (χ0v) is 15.4. The number of nitrogens with zero attached hydrogens (tertiary/aromatic N) is 1. The molecule has 5 nitrogen and oxygen atoms in total. The normalized spacial score (nSPS) is 11.5. The summed E-state index contributed by atoms with van der Waals surface area (Å²) in [5.74, 6) is -2.70. The summed E-state index contributed by atoms with van der Waals surface area (Å²) in [5, 5.41) is 5.41. The summed E-state index contributed by atoms with van der Waals surface area (Å²) < 4.78 is 26.6. The number of carbonyl (C=O) groups is 2. The molecule has 3 rings (SSSR count). The van der Waals surface area contributed by atoms with E-state index in [1.807, 2.05) is 42.5 Å². The van der Waals surface area contributed by atoms with E-state index >= 15 is 0 Å². The maximum atomic E-state index is 13.6. The predicted molar refractivity (Wildman–Crippen MR) is 104 cm³/mol. The number of hydrogen-bond acceptors (Lipinski definition) is 3. The summed E-state index contributed by atoms with van der Waals surface area (Å²) in [6.07, 6.45) is 3.30. The Morgan fingerprint density at radius 1 is 0.931 bits per heavy atom. The Morgan fingerprint density at radius 2 is 1.62 bits per heavy atom. The zero-order valence-electron chi connectivity index (χ0n) is 15.4. The van der Waals surface area contributed by atoms with Gasteiger partial charge in [0.05, 0.1) is 11.6 Å². The Bertz CT molecular complexity index is 942.